The molecule has 0 fully saturated rings. The van der Waals surface area contributed by atoms with Crippen LogP contribution in [0.15, 0.2) is 24.4 Å². The quantitative estimate of drug-likeness (QED) is 0.805. The number of halogens is 1. The lowest BCUT2D eigenvalue weighted by molar-refractivity contribution is 0.270. The number of rotatable bonds is 6. The number of hydrogen-bond acceptors (Lipinski definition) is 6. The Hall–Kier alpha value is -1.95. The van der Waals surface area contributed by atoms with Crippen LogP contribution in [0.5, 0.6) is 12.0 Å². The van der Waals surface area contributed by atoms with E-state index in [-0.39, 0.29) is 17.3 Å². The summed E-state index contributed by atoms with van der Waals surface area (Å²) in [6, 6.07) is 6.03. The molecule has 0 amide bonds. The Morgan fingerprint density at radius 2 is 1.89 bits per heavy atom. The molecule has 0 spiro atoms. The molecule has 0 aromatic carbocycles. The van der Waals surface area contributed by atoms with E-state index in [4.69, 9.17) is 21.1 Å². The molecule has 0 aliphatic rings. The first kappa shape index (κ1) is 13.5. The summed E-state index contributed by atoms with van der Waals surface area (Å²) >= 11 is 5.75. The van der Waals surface area contributed by atoms with Gasteiger partial charge in [-0.3, -0.25) is 4.98 Å². The van der Waals surface area contributed by atoms with Gasteiger partial charge in [0.1, 0.15) is 0 Å². The second-order valence-corrected chi connectivity index (χ2v) is 3.86. The Bertz CT molecular complexity index is 524. The highest BCUT2D eigenvalue weighted by molar-refractivity contribution is 6.28. The van der Waals surface area contributed by atoms with E-state index < -0.39 is 0 Å². The van der Waals surface area contributed by atoms with E-state index in [1.165, 1.54) is 0 Å². The zero-order valence-corrected chi connectivity index (χ0v) is 11.2. The SMILES string of the molecule is CCOc1nc(Cl)nc(OCCc2ccccn2)n1. The molecule has 0 saturated carbocycles. The van der Waals surface area contributed by atoms with E-state index in [0.717, 1.165) is 5.69 Å². The summed E-state index contributed by atoms with van der Waals surface area (Å²) in [6.45, 7) is 2.69. The lowest BCUT2D eigenvalue weighted by Gasteiger charge is -2.06. The van der Waals surface area contributed by atoms with Crippen molar-refractivity contribution in [3.8, 4) is 12.0 Å². The summed E-state index contributed by atoms with van der Waals surface area (Å²) in [6.07, 6.45) is 2.40. The van der Waals surface area contributed by atoms with Crippen LogP contribution in [-0.4, -0.2) is 33.1 Å². The third kappa shape index (κ3) is 4.33. The predicted octanol–water partition coefficient (Wildman–Crippen LogP) is 1.94. The highest BCUT2D eigenvalue weighted by Crippen LogP contribution is 2.13. The number of hydrogen-bond donors (Lipinski definition) is 0. The number of nitrogens with zero attached hydrogens (tertiary/aromatic N) is 4. The van der Waals surface area contributed by atoms with E-state index in [9.17, 15) is 0 Å². The van der Waals surface area contributed by atoms with Crippen molar-refractivity contribution in [1.29, 1.82) is 0 Å². The van der Waals surface area contributed by atoms with Crippen LogP contribution in [0.2, 0.25) is 5.28 Å². The Labute approximate surface area is 115 Å². The van der Waals surface area contributed by atoms with Gasteiger partial charge < -0.3 is 9.47 Å². The van der Waals surface area contributed by atoms with E-state index in [2.05, 4.69) is 19.9 Å². The monoisotopic (exact) mass is 280 g/mol. The van der Waals surface area contributed by atoms with Gasteiger partial charge in [-0.2, -0.15) is 9.97 Å². The summed E-state index contributed by atoms with van der Waals surface area (Å²) in [5, 5.41) is 0.0475. The van der Waals surface area contributed by atoms with Crippen molar-refractivity contribution in [3.05, 3.63) is 35.4 Å². The first-order chi connectivity index (χ1) is 9.28. The van der Waals surface area contributed by atoms with Gasteiger partial charge in [0.05, 0.1) is 13.2 Å². The molecule has 0 aliphatic carbocycles. The molecule has 0 unspecified atom stereocenters. The normalized spacial score (nSPS) is 10.2. The maximum Gasteiger partial charge on any atom is 0.323 e. The molecular weight excluding hydrogens is 268 g/mol. The third-order valence-corrected chi connectivity index (χ3v) is 2.33. The molecule has 0 N–H and O–H groups in total. The fourth-order valence-electron chi connectivity index (χ4n) is 1.37. The maximum absolute atomic E-state index is 5.75. The molecule has 0 bridgehead atoms. The van der Waals surface area contributed by atoms with Gasteiger partial charge in [0.2, 0.25) is 5.28 Å². The third-order valence-electron chi connectivity index (χ3n) is 2.16. The van der Waals surface area contributed by atoms with Gasteiger partial charge in [-0.25, -0.2) is 0 Å². The Balaban J connectivity index is 1.92. The van der Waals surface area contributed by atoms with Crippen LogP contribution < -0.4 is 9.47 Å². The zero-order chi connectivity index (χ0) is 13.5. The van der Waals surface area contributed by atoms with Crippen LogP contribution in [-0.2, 0) is 6.42 Å². The maximum atomic E-state index is 5.75. The van der Waals surface area contributed by atoms with Crippen LogP contribution in [0.4, 0.5) is 0 Å². The summed E-state index contributed by atoms with van der Waals surface area (Å²) in [4.78, 5) is 15.9. The molecule has 2 aromatic rings. The smallest absolute Gasteiger partial charge is 0.323 e. The molecule has 6 nitrogen and oxygen atoms in total. The highest BCUT2D eigenvalue weighted by Gasteiger charge is 2.06. The van der Waals surface area contributed by atoms with Crippen molar-refractivity contribution in [1.82, 2.24) is 19.9 Å². The van der Waals surface area contributed by atoms with Gasteiger partial charge >= 0.3 is 12.0 Å². The second kappa shape index (κ2) is 6.84. The van der Waals surface area contributed by atoms with E-state index in [0.29, 0.717) is 19.6 Å². The molecule has 2 heterocycles. The van der Waals surface area contributed by atoms with Crippen LogP contribution in [0.1, 0.15) is 12.6 Å². The van der Waals surface area contributed by atoms with Gasteiger partial charge in [0.25, 0.3) is 0 Å². The van der Waals surface area contributed by atoms with Crippen LogP contribution >= 0.6 is 11.6 Å². The molecule has 7 heteroatoms. The molecule has 19 heavy (non-hydrogen) atoms. The molecule has 2 rings (SSSR count). The molecule has 0 atom stereocenters. The first-order valence-corrected chi connectivity index (χ1v) is 6.23. The van der Waals surface area contributed by atoms with Crippen LogP contribution in [0, 0.1) is 0 Å². The van der Waals surface area contributed by atoms with E-state index in [1.807, 2.05) is 25.1 Å². The highest BCUT2D eigenvalue weighted by atomic mass is 35.5. The standard InChI is InChI=1S/C12H13ClN4O2/c1-2-18-11-15-10(13)16-12(17-11)19-8-6-9-5-3-4-7-14-9/h3-5,7H,2,6,8H2,1H3. The van der Waals surface area contributed by atoms with Gasteiger partial charge in [0, 0.05) is 18.3 Å². The number of ether oxygens (including phenoxy) is 2. The fraction of sp³-hybridized carbons (Fsp3) is 0.333. The number of pyridine rings is 1. The second-order valence-electron chi connectivity index (χ2n) is 3.52. The summed E-state index contributed by atoms with van der Waals surface area (Å²) in [5.74, 6) is 0. The fourth-order valence-corrected chi connectivity index (χ4v) is 1.51. The minimum absolute atomic E-state index is 0.0475. The van der Waals surface area contributed by atoms with Crippen LogP contribution in [0.25, 0.3) is 0 Å². The van der Waals surface area contributed by atoms with E-state index >= 15 is 0 Å². The predicted molar refractivity (Wildman–Crippen MR) is 69.4 cm³/mol. The van der Waals surface area contributed by atoms with Crippen LogP contribution in [0.3, 0.4) is 0 Å². The lowest BCUT2D eigenvalue weighted by atomic mass is 10.3. The number of aromatic nitrogens is 4. The van der Waals surface area contributed by atoms with Gasteiger partial charge in [-0.05, 0) is 30.7 Å². The van der Waals surface area contributed by atoms with Crippen molar-refractivity contribution in [2.45, 2.75) is 13.3 Å². The Kier molecular flexibility index (Phi) is 4.85. The van der Waals surface area contributed by atoms with Crippen molar-refractivity contribution < 1.29 is 9.47 Å². The van der Waals surface area contributed by atoms with Gasteiger partial charge in [0.15, 0.2) is 0 Å². The first-order valence-electron chi connectivity index (χ1n) is 5.85. The van der Waals surface area contributed by atoms with Crippen molar-refractivity contribution in [2.24, 2.45) is 0 Å². The molecule has 0 saturated heterocycles. The zero-order valence-electron chi connectivity index (χ0n) is 10.4. The minimum atomic E-state index is 0.0475. The van der Waals surface area contributed by atoms with Gasteiger partial charge in [-0.1, -0.05) is 6.07 Å². The average Bonchev–Trinajstić information content (AvgIpc) is 2.40. The summed E-state index contributed by atoms with van der Waals surface area (Å²) < 4.78 is 10.6. The topological polar surface area (TPSA) is 70.0 Å². The van der Waals surface area contributed by atoms with Crippen molar-refractivity contribution >= 4 is 11.6 Å². The summed E-state index contributed by atoms with van der Waals surface area (Å²) in [5.41, 5.74) is 0.938. The van der Waals surface area contributed by atoms with Gasteiger partial charge in [-0.15, -0.1) is 4.98 Å². The molecule has 0 radical (unpaired) electrons. The summed E-state index contributed by atoms with van der Waals surface area (Å²) in [7, 11) is 0. The minimum Gasteiger partial charge on any atom is -0.464 e. The van der Waals surface area contributed by atoms with E-state index in [1.54, 1.807) is 6.20 Å². The van der Waals surface area contributed by atoms with Crippen molar-refractivity contribution in [2.75, 3.05) is 13.2 Å². The molecule has 2 aromatic heterocycles. The molecule has 0 aliphatic heterocycles. The Morgan fingerprint density at radius 1 is 1.11 bits per heavy atom. The lowest BCUT2D eigenvalue weighted by Crippen LogP contribution is -2.07. The Morgan fingerprint density at radius 3 is 2.58 bits per heavy atom. The molecule has 100 valence electrons. The molecular formula is C12H13ClN4O2. The average molecular weight is 281 g/mol. The van der Waals surface area contributed by atoms with Crippen molar-refractivity contribution in [3.63, 3.8) is 0 Å². The largest absolute Gasteiger partial charge is 0.464 e.